The lowest BCUT2D eigenvalue weighted by Crippen LogP contribution is -2.47. The fraction of sp³-hybridized carbons (Fsp3) is 0.647. The molecule has 0 aliphatic carbocycles. The van der Waals surface area contributed by atoms with Crippen molar-refractivity contribution >= 4 is 11.8 Å². The second kappa shape index (κ2) is 7.52. The van der Waals surface area contributed by atoms with Gasteiger partial charge in [-0.25, -0.2) is 0 Å². The minimum atomic E-state index is 0.271. The van der Waals surface area contributed by atoms with Gasteiger partial charge in [-0.05, 0) is 43.9 Å². The molecule has 116 valence electrons. The van der Waals surface area contributed by atoms with Crippen LogP contribution in [0, 0.1) is 5.92 Å². The molecular formula is C17H25NO2S. The average Bonchev–Trinajstić information content (AvgIpc) is 2.55. The summed E-state index contributed by atoms with van der Waals surface area (Å²) < 4.78 is 11.8. The Morgan fingerprint density at radius 1 is 1.29 bits per heavy atom. The molecule has 1 aromatic rings. The van der Waals surface area contributed by atoms with Crippen LogP contribution in [0.2, 0.25) is 0 Å². The first-order valence-corrected chi connectivity index (χ1v) is 9.05. The molecule has 21 heavy (non-hydrogen) atoms. The van der Waals surface area contributed by atoms with Crippen LogP contribution in [0.4, 0.5) is 0 Å². The summed E-state index contributed by atoms with van der Waals surface area (Å²) in [6.07, 6.45) is 3.86. The molecule has 2 aliphatic heterocycles. The van der Waals surface area contributed by atoms with Crippen LogP contribution in [0.15, 0.2) is 29.2 Å². The van der Waals surface area contributed by atoms with Crippen molar-refractivity contribution in [2.75, 3.05) is 25.5 Å². The zero-order chi connectivity index (χ0) is 14.5. The quantitative estimate of drug-likeness (QED) is 0.904. The molecule has 0 bridgehead atoms. The summed E-state index contributed by atoms with van der Waals surface area (Å²) >= 11 is 1.92. The van der Waals surface area contributed by atoms with Gasteiger partial charge in [0.2, 0.25) is 0 Å². The minimum absolute atomic E-state index is 0.271. The first-order valence-electron chi connectivity index (χ1n) is 8.06. The molecule has 3 rings (SSSR count). The molecule has 1 saturated heterocycles. The summed E-state index contributed by atoms with van der Waals surface area (Å²) in [5.74, 6) is 2.86. The molecule has 0 amide bonds. The highest BCUT2D eigenvalue weighted by Crippen LogP contribution is 2.36. The maximum atomic E-state index is 6.27. The van der Waals surface area contributed by atoms with Gasteiger partial charge in [0.15, 0.2) is 0 Å². The van der Waals surface area contributed by atoms with Gasteiger partial charge in [0.1, 0.15) is 11.9 Å². The van der Waals surface area contributed by atoms with Gasteiger partial charge in [-0.1, -0.05) is 19.1 Å². The summed E-state index contributed by atoms with van der Waals surface area (Å²) in [5.41, 5.74) is 0. The fourth-order valence-corrected chi connectivity index (χ4v) is 4.28. The number of para-hydroxylation sites is 1. The Balaban J connectivity index is 1.64. The van der Waals surface area contributed by atoms with Crippen molar-refractivity contribution in [3.63, 3.8) is 0 Å². The topological polar surface area (TPSA) is 30.5 Å². The molecular weight excluding hydrogens is 282 g/mol. The summed E-state index contributed by atoms with van der Waals surface area (Å²) in [6, 6.07) is 8.82. The number of hydrogen-bond acceptors (Lipinski definition) is 4. The van der Waals surface area contributed by atoms with E-state index in [2.05, 4.69) is 36.5 Å². The number of fused-ring (bicyclic) bond motifs is 1. The van der Waals surface area contributed by atoms with Crippen molar-refractivity contribution in [1.82, 2.24) is 5.32 Å². The van der Waals surface area contributed by atoms with E-state index in [1.165, 1.54) is 24.2 Å². The molecule has 0 spiro atoms. The third-order valence-corrected chi connectivity index (χ3v) is 5.52. The monoisotopic (exact) mass is 307 g/mol. The van der Waals surface area contributed by atoms with Crippen LogP contribution in [0.5, 0.6) is 5.75 Å². The van der Waals surface area contributed by atoms with Crippen molar-refractivity contribution in [2.45, 2.75) is 43.2 Å². The van der Waals surface area contributed by atoms with Crippen LogP contribution < -0.4 is 10.1 Å². The second-order valence-electron chi connectivity index (χ2n) is 5.87. The minimum Gasteiger partial charge on any atom is -0.487 e. The molecule has 1 N–H and O–H groups in total. The van der Waals surface area contributed by atoms with E-state index in [-0.39, 0.29) is 6.10 Å². The molecule has 2 atom stereocenters. The summed E-state index contributed by atoms with van der Waals surface area (Å²) in [4.78, 5) is 1.27. The molecule has 0 aromatic heterocycles. The number of nitrogens with one attached hydrogen (secondary N) is 1. The molecule has 1 fully saturated rings. The van der Waals surface area contributed by atoms with E-state index >= 15 is 0 Å². The number of benzene rings is 1. The first kappa shape index (κ1) is 15.2. The molecule has 1 aromatic carbocycles. The van der Waals surface area contributed by atoms with Crippen LogP contribution in [0.1, 0.15) is 26.2 Å². The lowest BCUT2D eigenvalue weighted by molar-refractivity contribution is 0.0528. The van der Waals surface area contributed by atoms with Gasteiger partial charge < -0.3 is 14.8 Å². The van der Waals surface area contributed by atoms with Crippen LogP contribution in [-0.2, 0) is 4.74 Å². The maximum Gasteiger partial charge on any atom is 0.133 e. The van der Waals surface area contributed by atoms with E-state index in [9.17, 15) is 0 Å². The highest BCUT2D eigenvalue weighted by atomic mass is 32.2. The third kappa shape index (κ3) is 3.93. The first-order chi connectivity index (χ1) is 10.4. The van der Waals surface area contributed by atoms with Crippen LogP contribution in [0.3, 0.4) is 0 Å². The molecule has 2 heterocycles. The highest BCUT2D eigenvalue weighted by molar-refractivity contribution is 7.99. The largest absolute Gasteiger partial charge is 0.487 e. The molecule has 4 heteroatoms. The lowest BCUT2D eigenvalue weighted by atomic mass is 9.90. The molecule has 0 saturated carbocycles. The van der Waals surface area contributed by atoms with E-state index in [1.807, 2.05) is 11.8 Å². The van der Waals surface area contributed by atoms with E-state index < -0.39 is 0 Å². The summed E-state index contributed by atoms with van der Waals surface area (Å²) in [5, 5.41) is 3.65. The van der Waals surface area contributed by atoms with Gasteiger partial charge in [0, 0.05) is 29.9 Å². The van der Waals surface area contributed by atoms with Gasteiger partial charge in [0.25, 0.3) is 0 Å². The Kier molecular flexibility index (Phi) is 5.44. The molecule has 0 radical (unpaired) electrons. The van der Waals surface area contributed by atoms with Gasteiger partial charge in [-0.3, -0.25) is 0 Å². The Morgan fingerprint density at radius 2 is 2.10 bits per heavy atom. The van der Waals surface area contributed by atoms with Crippen molar-refractivity contribution in [3.8, 4) is 5.75 Å². The van der Waals surface area contributed by atoms with Crippen LogP contribution in [0.25, 0.3) is 0 Å². The smallest absolute Gasteiger partial charge is 0.133 e. The predicted octanol–water partition coefficient (Wildman–Crippen LogP) is 3.33. The fourth-order valence-electron chi connectivity index (χ4n) is 3.20. The standard InChI is InChI=1S/C17H25NO2S/c1-2-18-14(11-13-7-9-19-10-8-13)16-12-21-17-6-4-3-5-15(17)20-16/h3-6,13-14,16,18H,2,7-12H2,1H3. The Bertz CT molecular complexity index is 448. The summed E-state index contributed by atoms with van der Waals surface area (Å²) in [7, 11) is 0. The van der Waals surface area contributed by atoms with E-state index in [1.54, 1.807) is 0 Å². The average molecular weight is 307 g/mol. The highest BCUT2D eigenvalue weighted by Gasteiger charge is 2.30. The number of thioether (sulfide) groups is 1. The summed E-state index contributed by atoms with van der Waals surface area (Å²) in [6.45, 7) is 5.03. The zero-order valence-electron chi connectivity index (χ0n) is 12.7. The van der Waals surface area contributed by atoms with Crippen molar-refractivity contribution < 1.29 is 9.47 Å². The van der Waals surface area contributed by atoms with Gasteiger partial charge >= 0.3 is 0 Å². The predicted molar refractivity (Wildman–Crippen MR) is 87.2 cm³/mol. The maximum absolute atomic E-state index is 6.27. The zero-order valence-corrected chi connectivity index (χ0v) is 13.5. The Morgan fingerprint density at radius 3 is 2.90 bits per heavy atom. The van der Waals surface area contributed by atoms with Gasteiger partial charge in [0.05, 0.1) is 0 Å². The SMILES string of the molecule is CCNC(CC1CCOCC1)C1CSc2ccccc2O1. The number of ether oxygens (including phenoxy) is 2. The molecule has 2 unspecified atom stereocenters. The Labute approximate surface area is 131 Å². The second-order valence-corrected chi connectivity index (χ2v) is 6.93. The van der Waals surface area contributed by atoms with E-state index in [4.69, 9.17) is 9.47 Å². The van der Waals surface area contributed by atoms with Gasteiger partial charge in [-0.15, -0.1) is 11.8 Å². The van der Waals surface area contributed by atoms with Crippen molar-refractivity contribution in [2.24, 2.45) is 5.92 Å². The van der Waals surface area contributed by atoms with Crippen molar-refractivity contribution in [1.29, 1.82) is 0 Å². The number of hydrogen-bond donors (Lipinski definition) is 1. The molecule has 2 aliphatic rings. The van der Waals surface area contributed by atoms with Crippen molar-refractivity contribution in [3.05, 3.63) is 24.3 Å². The van der Waals surface area contributed by atoms with E-state index in [0.717, 1.165) is 37.2 Å². The van der Waals surface area contributed by atoms with Crippen LogP contribution in [-0.4, -0.2) is 37.7 Å². The number of rotatable bonds is 5. The molecule has 3 nitrogen and oxygen atoms in total. The number of likely N-dealkylation sites (N-methyl/N-ethyl adjacent to an activating group) is 1. The van der Waals surface area contributed by atoms with Gasteiger partial charge in [-0.2, -0.15) is 0 Å². The third-order valence-electron chi connectivity index (χ3n) is 4.37. The Hall–Kier alpha value is -0.710. The van der Waals surface area contributed by atoms with E-state index in [0.29, 0.717) is 6.04 Å². The normalized spacial score (nSPS) is 24.1. The lowest BCUT2D eigenvalue weighted by Gasteiger charge is -2.35. The van der Waals surface area contributed by atoms with Crippen LogP contribution >= 0.6 is 11.8 Å².